The average Bonchev–Trinajstić information content (AvgIpc) is 2.43. The van der Waals surface area contributed by atoms with Crippen LogP contribution in [0.1, 0.15) is 19.3 Å². The molecule has 70 valence electrons. The van der Waals surface area contributed by atoms with Gasteiger partial charge in [0.25, 0.3) is 5.92 Å². The van der Waals surface area contributed by atoms with Crippen molar-refractivity contribution in [1.82, 2.24) is 0 Å². The molecule has 0 aromatic rings. The lowest BCUT2D eigenvalue weighted by atomic mass is 9.93. The van der Waals surface area contributed by atoms with Crippen LogP contribution in [0.4, 0.5) is 8.78 Å². The normalized spacial score (nSPS) is 44.8. The molecule has 2 unspecified atom stereocenters. The molecule has 1 aliphatic carbocycles. The standard InChI is InChI=1S/C8H13F2NO/c9-8(10)4-6(8)3-7(11)1-2-12-5-7/h6H,1-5,11H2. The zero-order valence-electron chi connectivity index (χ0n) is 6.85. The Labute approximate surface area is 70.1 Å². The van der Waals surface area contributed by atoms with Gasteiger partial charge in [0.05, 0.1) is 6.61 Å². The van der Waals surface area contributed by atoms with Crippen molar-refractivity contribution in [2.24, 2.45) is 11.7 Å². The highest BCUT2D eigenvalue weighted by Crippen LogP contribution is 2.52. The highest BCUT2D eigenvalue weighted by Gasteiger charge is 2.58. The summed E-state index contributed by atoms with van der Waals surface area (Å²) >= 11 is 0. The van der Waals surface area contributed by atoms with Crippen molar-refractivity contribution in [3.8, 4) is 0 Å². The van der Waals surface area contributed by atoms with Gasteiger partial charge >= 0.3 is 0 Å². The molecule has 2 aliphatic rings. The summed E-state index contributed by atoms with van der Waals surface area (Å²) < 4.78 is 30.1. The minimum absolute atomic E-state index is 0.0198. The van der Waals surface area contributed by atoms with Crippen LogP contribution < -0.4 is 5.73 Å². The Balaban J connectivity index is 1.87. The predicted molar refractivity (Wildman–Crippen MR) is 40.0 cm³/mol. The lowest BCUT2D eigenvalue weighted by Crippen LogP contribution is -2.41. The van der Waals surface area contributed by atoms with E-state index < -0.39 is 17.4 Å². The zero-order chi connectivity index (χ0) is 8.82. The van der Waals surface area contributed by atoms with E-state index in [0.29, 0.717) is 19.6 Å². The third-order valence-electron chi connectivity index (χ3n) is 2.74. The Hall–Kier alpha value is -0.220. The van der Waals surface area contributed by atoms with Gasteiger partial charge in [-0.3, -0.25) is 0 Å². The summed E-state index contributed by atoms with van der Waals surface area (Å²) in [5, 5.41) is 0. The molecule has 0 radical (unpaired) electrons. The summed E-state index contributed by atoms with van der Waals surface area (Å²) in [6, 6.07) is 0. The first-order valence-corrected chi connectivity index (χ1v) is 4.26. The minimum atomic E-state index is -2.44. The fourth-order valence-electron chi connectivity index (χ4n) is 1.77. The van der Waals surface area contributed by atoms with E-state index in [0.717, 1.165) is 6.42 Å². The Morgan fingerprint density at radius 2 is 2.17 bits per heavy atom. The summed E-state index contributed by atoms with van der Waals surface area (Å²) in [4.78, 5) is 0. The molecule has 2 fully saturated rings. The Morgan fingerprint density at radius 1 is 1.50 bits per heavy atom. The molecule has 2 nitrogen and oxygen atoms in total. The molecule has 2 N–H and O–H groups in total. The van der Waals surface area contributed by atoms with Gasteiger partial charge in [-0.1, -0.05) is 0 Å². The third kappa shape index (κ3) is 1.45. The lowest BCUT2D eigenvalue weighted by Gasteiger charge is -2.20. The zero-order valence-corrected chi connectivity index (χ0v) is 6.85. The second-order valence-corrected chi connectivity index (χ2v) is 4.03. The van der Waals surface area contributed by atoms with Crippen molar-refractivity contribution in [2.75, 3.05) is 13.2 Å². The molecule has 1 saturated carbocycles. The van der Waals surface area contributed by atoms with E-state index in [1.165, 1.54) is 0 Å². The van der Waals surface area contributed by atoms with Crippen LogP contribution in [0.2, 0.25) is 0 Å². The van der Waals surface area contributed by atoms with Crippen LogP contribution in [0.15, 0.2) is 0 Å². The molecule has 2 atom stereocenters. The molecule has 12 heavy (non-hydrogen) atoms. The second-order valence-electron chi connectivity index (χ2n) is 4.03. The van der Waals surface area contributed by atoms with Gasteiger partial charge in [0, 0.05) is 24.5 Å². The summed E-state index contributed by atoms with van der Waals surface area (Å²) in [6.45, 7) is 1.06. The molecule has 1 saturated heterocycles. The molecule has 0 spiro atoms. The first-order chi connectivity index (χ1) is 5.52. The van der Waals surface area contributed by atoms with E-state index in [2.05, 4.69) is 0 Å². The number of hydrogen-bond donors (Lipinski definition) is 1. The van der Waals surface area contributed by atoms with Crippen molar-refractivity contribution >= 4 is 0 Å². The second kappa shape index (κ2) is 2.39. The summed E-state index contributed by atoms with van der Waals surface area (Å²) in [5.41, 5.74) is 5.40. The maximum Gasteiger partial charge on any atom is 0.251 e. The van der Waals surface area contributed by atoms with Crippen LogP contribution in [-0.4, -0.2) is 24.7 Å². The molecule has 1 aliphatic heterocycles. The highest BCUT2D eigenvalue weighted by molar-refractivity contribution is 5.02. The first-order valence-electron chi connectivity index (χ1n) is 4.26. The molecule has 4 heteroatoms. The monoisotopic (exact) mass is 177 g/mol. The minimum Gasteiger partial charge on any atom is -0.379 e. The first kappa shape index (κ1) is 8.38. The molecule has 0 aromatic heterocycles. The van der Waals surface area contributed by atoms with Gasteiger partial charge in [-0.2, -0.15) is 0 Å². The fourth-order valence-corrected chi connectivity index (χ4v) is 1.77. The largest absolute Gasteiger partial charge is 0.379 e. The Kier molecular flexibility index (Phi) is 1.67. The molecule has 0 amide bonds. The van der Waals surface area contributed by atoms with E-state index in [9.17, 15) is 8.78 Å². The molecule has 1 heterocycles. The number of hydrogen-bond acceptors (Lipinski definition) is 2. The number of ether oxygens (including phenoxy) is 1. The maximum absolute atomic E-state index is 12.5. The Bertz CT molecular complexity index is 189. The smallest absolute Gasteiger partial charge is 0.251 e. The van der Waals surface area contributed by atoms with E-state index >= 15 is 0 Å². The molecular formula is C8H13F2NO. The predicted octanol–water partition coefficient (Wildman–Crippen LogP) is 1.15. The van der Waals surface area contributed by atoms with Gasteiger partial charge < -0.3 is 10.5 Å². The average molecular weight is 177 g/mol. The number of rotatable bonds is 2. The van der Waals surface area contributed by atoms with Gasteiger partial charge in [-0.25, -0.2) is 8.78 Å². The maximum atomic E-state index is 12.5. The summed E-state index contributed by atoms with van der Waals surface area (Å²) in [6.07, 6.45) is 1.16. The fraction of sp³-hybridized carbons (Fsp3) is 1.00. The van der Waals surface area contributed by atoms with Crippen LogP contribution in [0, 0.1) is 5.92 Å². The van der Waals surface area contributed by atoms with Crippen LogP contribution in [-0.2, 0) is 4.74 Å². The lowest BCUT2D eigenvalue weighted by molar-refractivity contribution is 0.0887. The van der Waals surface area contributed by atoms with Gasteiger partial charge in [0.1, 0.15) is 0 Å². The van der Waals surface area contributed by atoms with Crippen molar-refractivity contribution in [1.29, 1.82) is 0 Å². The topological polar surface area (TPSA) is 35.2 Å². The van der Waals surface area contributed by atoms with E-state index in [1.54, 1.807) is 0 Å². The van der Waals surface area contributed by atoms with E-state index in [4.69, 9.17) is 10.5 Å². The third-order valence-corrected chi connectivity index (χ3v) is 2.74. The van der Waals surface area contributed by atoms with Crippen LogP contribution >= 0.6 is 0 Å². The van der Waals surface area contributed by atoms with Gasteiger partial charge in [-0.05, 0) is 12.8 Å². The van der Waals surface area contributed by atoms with Gasteiger partial charge in [0.2, 0.25) is 0 Å². The van der Waals surface area contributed by atoms with Crippen LogP contribution in [0.5, 0.6) is 0 Å². The van der Waals surface area contributed by atoms with Gasteiger partial charge in [-0.15, -0.1) is 0 Å². The van der Waals surface area contributed by atoms with E-state index in [1.807, 2.05) is 0 Å². The molecule has 0 bridgehead atoms. The van der Waals surface area contributed by atoms with Crippen LogP contribution in [0.25, 0.3) is 0 Å². The van der Waals surface area contributed by atoms with Crippen LogP contribution in [0.3, 0.4) is 0 Å². The van der Waals surface area contributed by atoms with Crippen molar-refractivity contribution in [3.05, 3.63) is 0 Å². The van der Waals surface area contributed by atoms with Crippen molar-refractivity contribution < 1.29 is 13.5 Å². The molecule has 0 aromatic carbocycles. The number of nitrogens with two attached hydrogens (primary N) is 1. The highest BCUT2D eigenvalue weighted by atomic mass is 19.3. The van der Waals surface area contributed by atoms with Gasteiger partial charge in [0.15, 0.2) is 0 Å². The van der Waals surface area contributed by atoms with Crippen molar-refractivity contribution in [2.45, 2.75) is 30.7 Å². The molecular weight excluding hydrogens is 164 g/mol. The summed E-state index contributed by atoms with van der Waals surface area (Å²) in [7, 11) is 0. The quantitative estimate of drug-likeness (QED) is 0.686. The SMILES string of the molecule is NC1(CC2CC2(F)F)CCOC1. The van der Waals surface area contributed by atoms with Crippen molar-refractivity contribution in [3.63, 3.8) is 0 Å². The number of alkyl halides is 2. The summed E-state index contributed by atoms with van der Waals surface area (Å²) in [5.74, 6) is -2.92. The van der Waals surface area contributed by atoms with E-state index in [-0.39, 0.29) is 6.42 Å². The number of halogens is 2. The Morgan fingerprint density at radius 3 is 2.58 bits per heavy atom. The molecule has 2 rings (SSSR count).